The van der Waals surface area contributed by atoms with E-state index in [1.54, 1.807) is 0 Å². The summed E-state index contributed by atoms with van der Waals surface area (Å²) in [5.41, 5.74) is 0. The molecule has 0 aliphatic heterocycles. The van der Waals surface area contributed by atoms with Gasteiger partial charge in [-0.3, -0.25) is 0 Å². The summed E-state index contributed by atoms with van der Waals surface area (Å²) in [5.74, 6) is 0. The molecule has 0 aliphatic carbocycles. The van der Waals surface area contributed by atoms with Crippen molar-refractivity contribution in [2.24, 2.45) is 0 Å². The van der Waals surface area contributed by atoms with E-state index in [2.05, 4.69) is 20.9 Å². The lowest BCUT2D eigenvalue weighted by atomic mass is 10.5. The summed E-state index contributed by atoms with van der Waals surface area (Å²) in [6.07, 6.45) is 1.27. The van der Waals surface area contributed by atoms with Gasteiger partial charge in [0.15, 0.2) is 0 Å². The summed E-state index contributed by atoms with van der Waals surface area (Å²) >= 11 is 8.27. The largest absolute Gasteiger partial charge is 0.335 e. The highest BCUT2D eigenvalue weighted by atomic mass is 79.9. The molecule has 0 aromatic carbocycles. The zero-order valence-electron chi connectivity index (χ0n) is 5.46. The molecule has 1 aromatic heterocycles. The molecule has 7 heteroatoms. The fourth-order valence-corrected chi connectivity index (χ4v) is 1.96. The Labute approximate surface area is 81.9 Å². The molecule has 0 unspecified atom stereocenters. The Balaban J connectivity index is 3.43. The van der Waals surface area contributed by atoms with Crippen LogP contribution in [-0.2, 0) is 10.2 Å². The van der Waals surface area contributed by atoms with E-state index >= 15 is 0 Å². The molecule has 0 saturated carbocycles. The number of aromatic nitrogens is 1. The number of pyridine rings is 1. The molecule has 66 valence electrons. The van der Waals surface area contributed by atoms with Crippen molar-refractivity contribution in [2.75, 3.05) is 0 Å². The maximum atomic E-state index is 12.4. The van der Waals surface area contributed by atoms with E-state index in [0.717, 1.165) is 6.07 Å². The Morgan fingerprint density at radius 3 is 2.58 bits per heavy atom. The van der Waals surface area contributed by atoms with Crippen LogP contribution in [0.5, 0.6) is 0 Å². The summed E-state index contributed by atoms with van der Waals surface area (Å²) < 4.78 is 33.5. The van der Waals surface area contributed by atoms with Gasteiger partial charge in [-0.15, -0.1) is 3.89 Å². The highest BCUT2D eigenvalue weighted by Crippen LogP contribution is 2.23. The molecule has 0 radical (unpaired) electrons. The van der Waals surface area contributed by atoms with Crippen LogP contribution in [0.25, 0.3) is 0 Å². The van der Waals surface area contributed by atoms with Crippen LogP contribution >= 0.6 is 27.5 Å². The van der Waals surface area contributed by atoms with Crippen LogP contribution in [-0.4, -0.2) is 13.4 Å². The average Bonchev–Trinajstić information content (AvgIpc) is 1.92. The van der Waals surface area contributed by atoms with Crippen LogP contribution in [0.4, 0.5) is 3.89 Å². The minimum absolute atomic E-state index is 0.350. The number of halogens is 3. The minimum atomic E-state index is -4.78. The van der Waals surface area contributed by atoms with Crippen LogP contribution < -0.4 is 0 Å². The standard InChI is InChI=1S/C5H2BrClFNO2S/c6-3-1-4(12(8,10)11)5(7)9-2-3/h1-2H. The molecule has 1 aromatic rings. The lowest BCUT2D eigenvalue weighted by Crippen LogP contribution is -1.94. The molecule has 0 aliphatic rings. The van der Waals surface area contributed by atoms with Gasteiger partial charge in [-0.25, -0.2) is 4.98 Å². The zero-order chi connectivity index (χ0) is 9.35. The molecule has 1 rings (SSSR count). The summed E-state index contributed by atoms with van der Waals surface area (Å²) in [5, 5.41) is -0.374. The van der Waals surface area contributed by atoms with Crippen molar-refractivity contribution in [1.29, 1.82) is 0 Å². The summed E-state index contributed by atoms with van der Waals surface area (Å²) in [7, 11) is -4.78. The smallest absolute Gasteiger partial charge is 0.242 e. The second kappa shape index (κ2) is 3.27. The molecule has 0 spiro atoms. The second-order valence-corrected chi connectivity index (χ2v) is 4.47. The molecule has 1 heterocycles. The number of nitrogens with zero attached hydrogens (tertiary/aromatic N) is 1. The second-order valence-electron chi connectivity index (χ2n) is 1.88. The molecule has 0 bridgehead atoms. The van der Waals surface area contributed by atoms with Crippen molar-refractivity contribution in [3.05, 3.63) is 21.9 Å². The molecule has 3 nitrogen and oxygen atoms in total. The first-order valence-corrected chi connectivity index (χ1v) is 5.22. The van der Waals surface area contributed by atoms with Gasteiger partial charge in [-0.2, -0.15) is 8.42 Å². The number of hydrogen-bond acceptors (Lipinski definition) is 3. The SMILES string of the molecule is O=S(=O)(F)c1cc(Br)cnc1Cl. The van der Waals surface area contributed by atoms with E-state index in [1.807, 2.05) is 0 Å². The molecule has 0 fully saturated rings. The highest BCUT2D eigenvalue weighted by Gasteiger charge is 2.17. The molecular formula is C5H2BrClFNO2S. The third kappa shape index (κ3) is 2.15. The van der Waals surface area contributed by atoms with Gasteiger partial charge < -0.3 is 0 Å². The van der Waals surface area contributed by atoms with Crippen molar-refractivity contribution in [1.82, 2.24) is 4.98 Å². The van der Waals surface area contributed by atoms with Gasteiger partial charge in [0.05, 0.1) is 0 Å². The van der Waals surface area contributed by atoms with E-state index in [-0.39, 0.29) is 5.15 Å². The molecule has 0 N–H and O–H groups in total. The lowest BCUT2D eigenvalue weighted by Gasteiger charge is -1.97. The third-order valence-electron chi connectivity index (χ3n) is 1.04. The van der Waals surface area contributed by atoms with Crippen molar-refractivity contribution in [2.45, 2.75) is 4.90 Å². The first-order chi connectivity index (χ1) is 5.41. The van der Waals surface area contributed by atoms with Crippen LogP contribution in [0, 0.1) is 0 Å². The summed E-state index contributed by atoms with van der Waals surface area (Å²) in [6.45, 7) is 0. The monoisotopic (exact) mass is 273 g/mol. The van der Waals surface area contributed by atoms with Gasteiger partial charge in [-0.1, -0.05) is 11.6 Å². The summed E-state index contributed by atoms with van der Waals surface area (Å²) in [4.78, 5) is 2.82. The Bertz CT molecular complexity index is 408. The lowest BCUT2D eigenvalue weighted by molar-refractivity contribution is 0.551. The van der Waals surface area contributed by atoms with Gasteiger partial charge in [0, 0.05) is 10.7 Å². The normalized spacial score (nSPS) is 11.6. The van der Waals surface area contributed by atoms with E-state index in [1.165, 1.54) is 6.20 Å². The van der Waals surface area contributed by atoms with Gasteiger partial charge >= 0.3 is 10.2 Å². The van der Waals surface area contributed by atoms with Crippen molar-refractivity contribution < 1.29 is 12.3 Å². The van der Waals surface area contributed by atoms with Crippen LogP contribution in [0.15, 0.2) is 21.6 Å². The minimum Gasteiger partial charge on any atom is -0.242 e. The molecular weight excluding hydrogens is 272 g/mol. The fourth-order valence-electron chi connectivity index (χ4n) is 0.575. The molecule has 0 saturated heterocycles. The van der Waals surface area contributed by atoms with Crippen molar-refractivity contribution in [3.8, 4) is 0 Å². The fraction of sp³-hybridized carbons (Fsp3) is 0. The number of hydrogen-bond donors (Lipinski definition) is 0. The Kier molecular flexibility index (Phi) is 2.70. The van der Waals surface area contributed by atoms with Gasteiger partial charge in [0.25, 0.3) is 0 Å². The quantitative estimate of drug-likeness (QED) is 0.582. The van der Waals surface area contributed by atoms with Crippen LogP contribution in [0.2, 0.25) is 5.15 Å². The first-order valence-electron chi connectivity index (χ1n) is 2.67. The Morgan fingerprint density at radius 2 is 2.17 bits per heavy atom. The Hall–Kier alpha value is -0.200. The predicted molar refractivity (Wildman–Crippen MR) is 45.2 cm³/mol. The average molecular weight is 274 g/mol. The maximum Gasteiger partial charge on any atom is 0.335 e. The van der Waals surface area contributed by atoms with Crippen molar-refractivity contribution in [3.63, 3.8) is 0 Å². The van der Waals surface area contributed by atoms with E-state index in [4.69, 9.17) is 11.6 Å². The van der Waals surface area contributed by atoms with E-state index < -0.39 is 15.1 Å². The predicted octanol–water partition coefficient (Wildman–Crippen LogP) is 2.16. The highest BCUT2D eigenvalue weighted by molar-refractivity contribution is 9.10. The maximum absolute atomic E-state index is 12.4. The topological polar surface area (TPSA) is 47.0 Å². The molecule has 0 atom stereocenters. The molecule has 0 amide bonds. The number of rotatable bonds is 1. The van der Waals surface area contributed by atoms with Crippen LogP contribution in [0.1, 0.15) is 0 Å². The van der Waals surface area contributed by atoms with E-state index in [0.29, 0.717) is 4.47 Å². The van der Waals surface area contributed by atoms with E-state index in [9.17, 15) is 12.3 Å². The molecule has 12 heavy (non-hydrogen) atoms. The third-order valence-corrected chi connectivity index (χ3v) is 2.72. The Morgan fingerprint density at radius 1 is 1.58 bits per heavy atom. The summed E-state index contributed by atoms with van der Waals surface area (Å²) in [6, 6.07) is 1.05. The van der Waals surface area contributed by atoms with Crippen LogP contribution in [0.3, 0.4) is 0 Å². The zero-order valence-corrected chi connectivity index (χ0v) is 8.62. The van der Waals surface area contributed by atoms with Gasteiger partial charge in [-0.05, 0) is 22.0 Å². The van der Waals surface area contributed by atoms with Gasteiger partial charge in [0.2, 0.25) is 0 Å². The first kappa shape index (κ1) is 9.88. The van der Waals surface area contributed by atoms with Crippen molar-refractivity contribution >= 4 is 37.8 Å². The van der Waals surface area contributed by atoms with Gasteiger partial charge in [0.1, 0.15) is 10.0 Å².